The summed E-state index contributed by atoms with van der Waals surface area (Å²) >= 11 is 0. The first kappa shape index (κ1) is 17.3. The van der Waals surface area contributed by atoms with E-state index in [1.54, 1.807) is 30.5 Å². The average molecular weight is 361 g/mol. The molecule has 27 heavy (non-hydrogen) atoms. The topological polar surface area (TPSA) is 53.8 Å². The molecule has 5 heteroatoms. The maximum absolute atomic E-state index is 12.6. The van der Waals surface area contributed by atoms with Crippen LogP contribution < -0.4 is 5.32 Å². The summed E-state index contributed by atoms with van der Waals surface area (Å²) in [5.41, 5.74) is 2.92. The highest BCUT2D eigenvalue weighted by Crippen LogP contribution is 2.19. The van der Waals surface area contributed by atoms with Crippen molar-refractivity contribution in [3.05, 3.63) is 72.1 Å². The van der Waals surface area contributed by atoms with Crippen molar-refractivity contribution in [2.45, 2.75) is 19.8 Å². The number of nitrogens with zero attached hydrogens (tertiary/aromatic N) is 2. The molecule has 0 aliphatic carbocycles. The van der Waals surface area contributed by atoms with Crippen molar-refractivity contribution < 1.29 is 9.59 Å². The first-order valence-electron chi connectivity index (χ1n) is 9.37. The number of anilines is 1. The number of benzene rings is 1. The Labute approximate surface area is 158 Å². The lowest BCUT2D eigenvalue weighted by Gasteiger charge is -2.30. The molecule has 1 saturated heterocycles. The Bertz CT molecular complexity index is 934. The van der Waals surface area contributed by atoms with E-state index in [9.17, 15) is 9.59 Å². The van der Waals surface area contributed by atoms with Gasteiger partial charge in [-0.15, -0.1) is 0 Å². The van der Waals surface area contributed by atoms with Crippen LogP contribution in [-0.2, 0) is 0 Å². The van der Waals surface area contributed by atoms with E-state index in [0.29, 0.717) is 22.7 Å². The second-order valence-electron chi connectivity index (χ2n) is 7.27. The van der Waals surface area contributed by atoms with E-state index >= 15 is 0 Å². The molecule has 1 fully saturated rings. The van der Waals surface area contributed by atoms with E-state index in [0.717, 1.165) is 31.4 Å². The second kappa shape index (κ2) is 7.27. The quantitative estimate of drug-likeness (QED) is 0.765. The van der Waals surface area contributed by atoms with Gasteiger partial charge in [-0.1, -0.05) is 13.0 Å². The zero-order chi connectivity index (χ0) is 18.8. The standard InChI is InChI=1S/C22H23N3O2/c1-16-9-12-24(13-10-16)22(27)17-5-7-19(8-6-17)23-21(26)18-14-20-4-2-3-11-25(20)15-18/h2-8,11,14-16H,9-10,12-13H2,1H3,(H,23,26). The van der Waals surface area contributed by atoms with Gasteiger partial charge in [0, 0.05) is 42.3 Å². The predicted octanol–water partition coefficient (Wildman–Crippen LogP) is 4.06. The largest absolute Gasteiger partial charge is 0.339 e. The van der Waals surface area contributed by atoms with Gasteiger partial charge in [-0.3, -0.25) is 9.59 Å². The van der Waals surface area contributed by atoms with Crippen molar-refractivity contribution in [1.29, 1.82) is 0 Å². The molecule has 1 aromatic carbocycles. The predicted molar refractivity (Wildman–Crippen MR) is 106 cm³/mol. The van der Waals surface area contributed by atoms with Gasteiger partial charge in [0.15, 0.2) is 0 Å². The van der Waals surface area contributed by atoms with Crippen LogP contribution in [0.25, 0.3) is 5.52 Å². The molecule has 2 aromatic heterocycles. The fourth-order valence-corrected chi connectivity index (χ4v) is 3.47. The number of fused-ring (bicyclic) bond motifs is 1. The van der Waals surface area contributed by atoms with Crippen LogP contribution in [0.3, 0.4) is 0 Å². The highest BCUT2D eigenvalue weighted by molar-refractivity contribution is 6.05. The average Bonchev–Trinajstić information content (AvgIpc) is 3.13. The van der Waals surface area contributed by atoms with Crippen LogP contribution in [0, 0.1) is 5.92 Å². The molecule has 1 aliphatic rings. The lowest BCUT2D eigenvalue weighted by atomic mass is 9.98. The van der Waals surface area contributed by atoms with Gasteiger partial charge < -0.3 is 14.6 Å². The highest BCUT2D eigenvalue weighted by atomic mass is 16.2. The lowest BCUT2D eigenvalue weighted by molar-refractivity contribution is 0.0697. The lowest BCUT2D eigenvalue weighted by Crippen LogP contribution is -2.37. The molecular formula is C22H23N3O2. The fourth-order valence-electron chi connectivity index (χ4n) is 3.47. The van der Waals surface area contributed by atoms with Crippen molar-refractivity contribution >= 4 is 23.0 Å². The highest BCUT2D eigenvalue weighted by Gasteiger charge is 2.21. The van der Waals surface area contributed by atoms with Gasteiger partial charge in [0.1, 0.15) is 0 Å². The zero-order valence-corrected chi connectivity index (χ0v) is 15.4. The van der Waals surface area contributed by atoms with E-state index in [-0.39, 0.29) is 11.8 Å². The number of carbonyl (C=O) groups is 2. The van der Waals surface area contributed by atoms with Crippen molar-refractivity contribution in [3.8, 4) is 0 Å². The molecule has 0 saturated carbocycles. The summed E-state index contributed by atoms with van der Waals surface area (Å²) in [4.78, 5) is 27.0. The Morgan fingerprint density at radius 3 is 2.44 bits per heavy atom. The molecule has 1 N–H and O–H groups in total. The summed E-state index contributed by atoms with van der Waals surface area (Å²) in [5, 5.41) is 2.89. The summed E-state index contributed by atoms with van der Waals surface area (Å²) in [6, 6.07) is 14.8. The van der Waals surface area contributed by atoms with Crippen LogP contribution >= 0.6 is 0 Å². The van der Waals surface area contributed by atoms with Gasteiger partial charge in [0.25, 0.3) is 11.8 Å². The van der Waals surface area contributed by atoms with Crippen molar-refractivity contribution in [2.75, 3.05) is 18.4 Å². The minimum Gasteiger partial charge on any atom is -0.339 e. The number of hydrogen-bond donors (Lipinski definition) is 1. The molecule has 138 valence electrons. The molecule has 0 unspecified atom stereocenters. The van der Waals surface area contributed by atoms with Crippen molar-refractivity contribution in [1.82, 2.24) is 9.30 Å². The summed E-state index contributed by atoms with van der Waals surface area (Å²) in [6.07, 6.45) is 5.84. The third-order valence-corrected chi connectivity index (χ3v) is 5.23. The SMILES string of the molecule is CC1CCN(C(=O)c2ccc(NC(=O)c3cc4ccccn4c3)cc2)CC1. The van der Waals surface area contributed by atoms with Crippen molar-refractivity contribution in [3.63, 3.8) is 0 Å². The molecule has 4 rings (SSSR count). The van der Waals surface area contributed by atoms with E-state index in [2.05, 4.69) is 12.2 Å². The fraction of sp³-hybridized carbons (Fsp3) is 0.273. The summed E-state index contributed by atoms with van der Waals surface area (Å²) in [6.45, 7) is 3.87. The number of aromatic nitrogens is 1. The van der Waals surface area contributed by atoms with Gasteiger partial charge in [0.2, 0.25) is 0 Å². The number of likely N-dealkylation sites (tertiary alicyclic amines) is 1. The molecule has 1 aliphatic heterocycles. The molecular weight excluding hydrogens is 338 g/mol. The molecule has 5 nitrogen and oxygen atoms in total. The molecule has 0 atom stereocenters. The van der Waals surface area contributed by atoms with E-state index in [1.165, 1.54) is 0 Å². The van der Waals surface area contributed by atoms with Crippen LogP contribution in [0.15, 0.2) is 60.9 Å². The molecule has 2 amide bonds. The molecule has 0 radical (unpaired) electrons. The molecule has 0 spiro atoms. The van der Waals surface area contributed by atoms with E-state index < -0.39 is 0 Å². The minimum absolute atomic E-state index is 0.0680. The van der Waals surface area contributed by atoms with Gasteiger partial charge in [0.05, 0.1) is 5.56 Å². The van der Waals surface area contributed by atoms with E-state index in [4.69, 9.17) is 0 Å². The number of carbonyl (C=O) groups excluding carboxylic acids is 2. The van der Waals surface area contributed by atoms with Crippen LogP contribution in [0.4, 0.5) is 5.69 Å². The molecule has 3 heterocycles. The minimum atomic E-state index is -0.164. The summed E-state index contributed by atoms with van der Waals surface area (Å²) < 4.78 is 1.91. The molecule has 3 aromatic rings. The second-order valence-corrected chi connectivity index (χ2v) is 7.27. The Hall–Kier alpha value is -3.08. The molecule has 0 bridgehead atoms. The van der Waals surface area contributed by atoms with Gasteiger partial charge >= 0.3 is 0 Å². The van der Waals surface area contributed by atoms with Gasteiger partial charge in [-0.25, -0.2) is 0 Å². The van der Waals surface area contributed by atoms with Crippen LogP contribution in [-0.4, -0.2) is 34.2 Å². The summed E-state index contributed by atoms with van der Waals surface area (Å²) in [5.74, 6) is 0.596. The van der Waals surface area contributed by atoms with E-state index in [1.807, 2.05) is 39.8 Å². The Kier molecular flexibility index (Phi) is 4.67. The van der Waals surface area contributed by atoms with Gasteiger partial charge in [-0.05, 0) is 61.2 Å². The maximum Gasteiger partial charge on any atom is 0.257 e. The van der Waals surface area contributed by atoms with Gasteiger partial charge in [-0.2, -0.15) is 0 Å². The van der Waals surface area contributed by atoms with Crippen LogP contribution in [0.2, 0.25) is 0 Å². The first-order chi connectivity index (χ1) is 13.1. The number of hydrogen-bond acceptors (Lipinski definition) is 2. The number of piperidine rings is 1. The number of pyridine rings is 1. The Morgan fingerprint density at radius 1 is 1.00 bits per heavy atom. The zero-order valence-electron chi connectivity index (χ0n) is 15.4. The third-order valence-electron chi connectivity index (χ3n) is 5.23. The first-order valence-corrected chi connectivity index (χ1v) is 9.37. The van der Waals surface area contributed by atoms with Crippen LogP contribution in [0.1, 0.15) is 40.5 Å². The normalized spacial score (nSPS) is 15.1. The number of amides is 2. The third kappa shape index (κ3) is 3.72. The van der Waals surface area contributed by atoms with Crippen molar-refractivity contribution in [2.24, 2.45) is 5.92 Å². The summed E-state index contributed by atoms with van der Waals surface area (Å²) in [7, 11) is 0. The number of nitrogens with one attached hydrogen (secondary N) is 1. The number of rotatable bonds is 3. The maximum atomic E-state index is 12.6. The smallest absolute Gasteiger partial charge is 0.257 e. The monoisotopic (exact) mass is 361 g/mol. The Morgan fingerprint density at radius 2 is 1.74 bits per heavy atom. The Balaban J connectivity index is 1.42. The van der Waals surface area contributed by atoms with Crippen LogP contribution in [0.5, 0.6) is 0 Å².